The number of morpholine rings is 1. The van der Waals surface area contributed by atoms with Crippen molar-refractivity contribution in [1.82, 2.24) is 0 Å². The lowest BCUT2D eigenvalue weighted by Gasteiger charge is -2.22. The molecule has 128 valence electrons. The van der Waals surface area contributed by atoms with Crippen LogP contribution in [0.1, 0.15) is 12.0 Å². The zero-order valence-corrected chi connectivity index (χ0v) is 14.6. The third-order valence-corrected chi connectivity index (χ3v) is 4.41. The second kappa shape index (κ2) is 10.7. The molecule has 1 aromatic carbocycles. The van der Waals surface area contributed by atoms with E-state index in [9.17, 15) is 0 Å². The summed E-state index contributed by atoms with van der Waals surface area (Å²) < 4.78 is 11.3. The average molecular weight is 341 g/mol. The molecular formula is C18H29ClN2O2+2. The highest BCUT2D eigenvalue weighted by Gasteiger charge is 2.13. The molecule has 0 atom stereocenters. The summed E-state index contributed by atoms with van der Waals surface area (Å²) in [7, 11) is 0. The molecule has 0 saturated carbocycles. The highest BCUT2D eigenvalue weighted by Crippen LogP contribution is 2.29. The first-order chi connectivity index (χ1) is 11.3. The third kappa shape index (κ3) is 6.51. The fraction of sp³-hybridized carbons (Fsp3) is 0.556. The molecule has 1 aliphatic heterocycles. The number of nitrogens with two attached hydrogens (primary N) is 1. The first kappa shape index (κ1) is 18.3. The Balaban J connectivity index is 1.59. The molecule has 0 aromatic heterocycles. The van der Waals surface area contributed by atoms with Gasteiger partial charge in [-0.25, -0.2) is 0 Å². The van der Waals surface area contributed by atoms with Crippen LogP contribution in [0.2, 0.25) is 5.02 Å². The zero-order chi connectivity index (χ0) is 16.3. The van der Waals surface area contributed by atoms with Crippen molar-refractivity contribution in [3.63, 3.8) is 0 Å². The highest BCUT2D eigenvalue weighted by atomic mass is 35.5. The van der Waals surface area contributed by atoms with Gasteiger partial charge in [0.2, 0.25) is 0 Å². The maximum absolute atomic E-state index is 6.23. The van der Waals surface area contributed by atoms with E-state index in [1.54, 1.807) is 4.90 Å². The number of halogens is 1. The monoisotopic (exact) mass is 340 g/mol. The van der Waals surface area contributed by atoms with E-state index < -0.39 is 0 Å². The lowest BCUT2D eigenvalue weighted by atomic mass is 10.1. The van der Waals surface area contributed by atoms with Crippen molar-refractivity contribution < 1.29 is 19.7 Å². The van der Waals surface area contributed by atoms with Crippen LogP contribution in [0.4, 0.5) is 0 Å². The van der Waals surface area contributed by atoms with E-state index in [4.69, 9.17) is 21.1 Å². The molecule has 5 heteroatoms. The van der Waals surface area contributed by atoms with E-state index in [1.807, 2.05) is 24.3 Å². The fourth-order valence-corrected chi connectivity index (χ4v) is 3.04. The number of quaternary nitrogens is 2. The summed E-state index contributed by atoms with van der Waals surface area (Å²) in [6, 6.07) is 5.87. The van der Waals surface area contributed by atoms with Crippen molar-refractivity contribution in [3.05, 3.63) is 41.4 Å². The molecule has 4 nitrogen and oxygen atoms in total. The number of ether oxygens (including phenoxy) is 2. The SMILES string of the molecule is C=CCc1cccc(Cl)c1OCCC[NH2+]CC[NH+]1CCOCC1. The largest absolute Gasteiger partial charge is 0.491 e. The maximum Gasteiger partial charge on any atom is 0.141 e. The van der Waals surface area contributed by atoms with Gasteiger partial charge >= 0.3 is 0 Å². The van der Waals surface area contributed by atoms with Crippen molar-refractivity contribution in [2.45, 2.75) is 12.8 Å². The summed E-state index contributed by atoms with van der Waals surface area (Å²) in [5, 5.41) is 3.06. The van der Waals surface area contributed by atoms with Crippen molar-refractivity contribution >= 4 is 11.6 Å². The van der Waals surface area contributed by atoms with E-state index in [0.29, 0.717) is 11.6 Å². The van der Waals surface area contributed by atoms with Crippen molar-refractivity contribution in [2.75, 3.05) is 52.5 Å². The molecule has 0 amide bonds. The molecule has 1 saturated heterocycles. The van der Waals surface area contributed by atoms with Crippen LogP contribution >= 0.6 is 11.6 Å². The Hall–Kier alpha value is -1.07. The van der Waals surface area contributed by atoms with E-state index in [-0.39, 0.29) is 0 Å². The summed E-state index contributed by atoms with van der Waals surface area (Å²) in [5.74, 6) is 0.812. The number of benzene rings is 1. The fourth-order valence-electron chi connectivity index (χ4n) is 2.79. The predicted molar refractivity (Wildman–Crippen MR) is 93.5 cm³/mol. The number of nitrogens with one attached hydrogen (secondary N) is 1. The first-order valence-corrected chi connectivity index (χ1v) is 8.93. The number of allylic oxidation sites excluding steroid dienone is 1. The first-order valence-electron chi connectivity index (χ1n) is 8.55. The Bertz CT molecular complexity index is 476. The lowest BCUT2D eigenvalue weighted by molar-refractivity contribution is -0.919. The van der Waals surface area contributed by atoms with Crippen molar-refractivity contribution in [3.8, 4) is 5.75 Å². The van der Waals surface area contributed by atoms with Crippen LogP contribution in [0.25, 0.3) is 0 Å². The third-order valence-electron chi connectivity index (χ3n) is 4.11. The minimum absolute atomic E-state index is 0.684. The standard InChI is InChI=1S/C18H27ClN2O2/c1-2-5-16-6-3-7-17(19)18(16)23-13-4-8-20-9-10-21-11-14-22-15-12-21/h2-3,6-7,20H,1,4-5,8-15H2/p+2. The van der Waals surface area contributed by atoms with Crippen LogP contribution in [0, 0.1) is 0 Å². The van der Waals surface area contributed by atoms with Gasteiger partial charge in [-0.15, -0.1) is 6.58 Å². The topological polar surface area (TPSA) is 39.5 Å². The summed E-state index contributed by atoms with van der Waals surface area (Å²) in [6.45, 7) is 12.1. The molecule has 0 bridgehead atoms. The Morgan fingerprint density at radius 2 is 2.13 bits per heavy atom. The molecule has 0 unspecified atom stereocenters. The minimum Gasteiger partial charge on any atom is -0.491 e. The average Bonchev–Trinajstić information content (AvgIpc) is 2.57. The van der Waals surface area contributed by atoms with Gasteiger partial charge in [0.05, 0.1) is 31.4 Å². The Morgan fingerprint density at radius 3 is 2.91 bits per heavy atom. The van der Waals surface area contributed by atoms with Gasteiger partial charge in [-0.3, -0.25) is 0 Å². The van der Waals surface area contributed by atoms with Gasteiger partial charge in [-0.05, 0) is 18.1 Å². The van der Waals surface area contributed by atoms with Gasteiger partial charge in [-0.2, -0.15) is 0 Å². The molecule has 0 spiro atoms. The van der Waals surface area contributed by atoms with Crippen LogP contribution in [0.15, 0.2) is 30.9 Å². The molecule has 0 aliphatic carbocycles. The van der Waals surface area contributed by atoms with Gasteiger partial charge in [-0.1, -0.05) is 29.8 Å². The Kier molecular flexibility index (Phi) is 8.47. The number of hydrogen-bond acceptors (Lipinski definition) is 2. The van der Waals surface area contributed by atoms with E-state index in [1.165, 1.54) is 13.1 Å². The van der Waals surface area contributed by atoms with Crippen LogP contribution in [-0.4, -0.2) is 52.5 Å². The van der Waals surface area contributed by atoms with E-state index in [0.717, 1.165) is 57.0 Å². The summed E-state index contributed by atoms with van der Waals surface area (Å²) in [6.07, 6.45) is 3.68. The number of rotatable bonds is 10. The molecule has 1 heterocycles. The number of hydrogen-bond donors (Lipinski definition) is 2. The van der Waals surface area contributed by atoms with Gasteiger partial charge in [0.25, 0.3) is 0 Å². The van der Waals surface area contributed by atoms with Gasteiger partial charge < -0.3 is 19.7 Å². The van der Waals surface area contributed by atoms with Crippen LogP contribution in [0.3, 0.4) is 0 Å². The second-order valence-corrected chi connectivity index (χ2v) is 6.31. The van der Waals surface area contributed by atoms with Crippen molar-refractivity contribution in [2.24, 2.45) is 0 Å². The van der Waals surface area contributed by atoms with E-state index >= 15 is 0 Å². The summed E-state index contributed by atoms with van der Waals surface area (Å²) >= 11 is 6.23. The van der Waals surface area contributed by atoms with Gasteiger partial charge in [0.1, 0.15) is 31.9 Å². The molecule has 1 aliphatic rings. The van der Waals surface area contributed by atoms with E-state index in [2.05, 4.69) is 11.9 Å². The zero-order valence-electron chi connectivity index (χ0n) is 13.9. The van der Waals surface area contributed by atoms with Crippen LogP contribution in [-0.2, 0) is 11.2 Å². The number of para-hydroxylation sites is 1. The molecule has 2 rings (SSSR count). The molecule has 23 heavy (non-hydrogen) atoms. The van der Waals surface area contributed by atoms with Crippen molar-refractivity contribution in [1.29, 1.82) is 0 Å². The summed E-state index contributed by atoms with van der Waals surface area (Å²) in [5.41, 5.74) is 1.10. The Morgan fingerprint density at radius 1 is 1.30 bits per heavy atom. The second-order valence-electron chi connectivity index (χ2n) is 5.90. The highest BCUT2D eigenvalue weighted by molar-refractivity contribution is 6.32. The quantitative estimate of drug-likeness (QED) is 0.475. The van der Waals surface area contributed by atoms with Crippen LogP contribution in [0.5, 0.6) is 5.75 Å². The minimum atomic E-state index is 0.684. The van der Waals surface area contributed by atoms with Gasteiger partial charge in [0.15, 0.2) is 0 Å². The molecule has 0 radical (unpaired) electrons. The normalized spacial score (nSPS) is 15.5. The molecule has 1 fully saturated rings. The van der Waals surface area contributed by atoms with Crippen LogP contribution < -0.4 is 15.0 Å². The molecule has 3 N–H and O–H groups in total. The smallest absolute Gasteiger partial charge is 0.141 e. The summed E-state index contributed by atoms with van der Waals surface area (Å²) in [4.78, 5) is 1.66. The molecule has 1 aromatic rings. The van der Waals surface area contributed by atoms with Gasteiger partial charge in [0, 0.05) is 6.42 Å². The predicted octanol–water partition coefficient (Wildman–Crippen LogP) is 0.316. The molecular weight excluding hydrogens is 312 g/mol. The lowest BCUT2D eigenvalue weighted by Crippen LogP contribution is -3.16. The Labute approximate surface area is 144 Å². The maximum atomic E-state index is 6.23.